The minimum absolute atomic E-state index is 0.123. The Morgan fingerprint density at radius 3 is 2.30 bits per heavy atom. The molecule has 4 aromatic carbocycles. The average Bonchev–Trinajstić information content (AvgIpc) is 3.17. The fourth-order valence-electron chi connectivity index (χ4n) is 5.96. The number of sulfonamides is 1. The number of hydrogen-bond donors (Lipinski definition) is 3. The fourth-order valence-corrected chi connectivity index (χ4v) is 7.75. The molecule has 0 saturated carbocycles. The van der Waals surface area contributed by atoms with Crippen molar-refractivity contribution < 1.29 is 28.0 Å². The molecule has 5 aromatic rings. The molecule has 3 N–H and O–H groups in total. The Bertz CT molecular complexity index is 2210. The van der Waals surface area contributed by atoms with Gasteiger partial charge in [-0.25, -0.2) is 17.9 Å². The monoisotopic (exact) mass is 752 g/mol. The molecule has 1 aromatic heterocycles. The number of nitro benzene ring substituents is 1. The number of benzene rings is 4. The molecule has 0 aliphatic carbocycles. The van der Waals surface area contributed by atoms with E-state index in [1.165, 1.54) is 18.3 Å². The van der Waals surface area contributed by atoms with Crippen molar-refractivity contribution in [2.45, 2.75) is 16.3 Å². The van der Waals surface area contributed by atoms with Crippen molar-refractivity contribution in [3.8, 4) is 11.1 Å². The van der Waals surface area contributed by atoms with E-state index in [4.69, 9.17) is 0 Å². The second kappa shape index (κ2) is 16.7. The first-order valence-electron chi connectivity index (χ1n) is 16.7. The van der Waals surface area contributed by atoms with Crippen molar-refractivity contribution in [3.05, 3.63) is 142 Å². The number of thioether (sulfide) groups is 1. The van der Waals surface area contributed by atoms with Crippen molar-refractivity contribution in [1.82, 2.24) is 14.6 Å². The van der Waals surface area contributed by atoms with Crippen LogP contribution in [0.1, 0.15) is 26.3 Å². The number of nitro groups is 1. The zero-order valence-corrected chi connectivity index (χ0v) is 30.1. The van der Waals surface area contributed by atoms with Gasteiger partial charge in [0.25, 0.3) is 21.6 Å². The van der Waals surface area contributed by atoms with E-state index < -0.39 is 37.4 Å². The topological polar surface area (TPSA) is 175 Å². The number of aromatic nitrogens is 1. The van der Waals surface area contributed by atoms with Crippen LogP contribution in [0.15, 0.2) is 125 Å². The molecule has 0 spiro atoms. The van der Waals surface area contributed by atoms with Gasteiger partial charge in [-0.15, -0.1) is 11.8 Å². The van der Waals surface area contributed by atoms with Gasteiger partial charge in [-0.1, -0.05) is 42.5 Å². The Balaban J connectivity index is 1.03. The summed E-state index contributed by atoms with van der Waals surface area (Å²) in [5, 5.41) is 24.2. The number of rotatable bonds is 14. The molecule has 15 heteroatoms. The number of piperazine rings is 1. The molecule has 0 bridgehead atoms. The summed E-state index contributed by atoms with van der Waals surface area (Å²) < 4.78 is 28.3. The molecule has 1 fully saturated rings. The molecule has 2 heterocycles. The van der Waals surface area contributed by atoms with E-state index in [9.17, 15) is 33.2 Å². The van der Waals surface area contributed by atoms with E-state index in [2.05, 4.69) is 20.1 Å². The third-order valence-corrected chi connectivity index (χ3v) is 11.0. The van der Waals surface area contributed by atoms with Crippen molar-refractivity contribution in [1.29, 1.82) is 0 Å². The maximum Gasteiger partial charge on any atom is 0.337 e. The molecular formula is C38H36N6O7S2. The number of carbonyl (C=O) groups is 2. The largest absolute Gasteiger partial charge is 0.478 e. The lowest BCUT2D eigenvalue weighted by molar-refractivity contribution is -0.384. The molecule has 1 saturated heterocycles. The number of aromatic carboxylic acids is 1. The molecule has 1 aliphatic rings. The summed E-state index contributed by atoms with van der Waals surface area (Å²) in [5.41, 5.74) is 3.62. The lowest BCUT2D eigenvalue weighted by atomic mass is 9.99. The molecular weight excluding hydrogens is 717 g/mol. The van der Waals surface area contributed by atoms with E-state index in [1.54, 1.807) is 48.3 Å². The van der Waals surface area contributed by atoms with E-state index in [0.717, 1.165) is 46.4 Å². The predicted octanol–water partition coefficient (Wildman–Crippen LogP) is 6.00. The summed E-state index contributed by atoms with van der Waals surface area (Å²) in [4.78, 5) is 44.9. The van der Waals surface area contributed by atoms with Crippen molar-refractivity contribution in [2.75, 3.05) is 48.7 Å². The average molecular weight is 753 g/mol. The summed E-state index contributed by atoms with van der Waals surface area (Å²) in [6.07, 6.45) is 3.00. The highest BCUT2D eigenvalue weighted by molar-refractivity contribution is 7.99. The molecule has 0 radical (unpaired) electrons. The summed E-state index contributed by atoms with van der Waals surface area (Å²) in [6.45, 7) is 4.03. The summed E-state index contributed by atoms with van der Waals surface area (Å²) in [6, 6.07) is 29.3. The smallest absolute Gasteiger partial charge is 0.337 e. The Hall–Kier alpha value is -5.77. The minimum Gasteiger partial charge on any atom is -0.478 e. The summed E-state index contributed by atoms with van der Waals surface area (Å²) in [5.74, 6) is -1.25. The van der Waals surface area contributed by atoms with Crippen LogP contribution in [-0.2, 0) is 16.6 Å². The number of anilines is 2. The van der Waals surface area contributed by atoms with Crippen LogP contribution in [0.4, 0.5) is 17.1 Å². The molecule has 1 amide bonds. The number of nitrogens with one attached hydrogen (secondary N) is 2. The summed E-state index contributed by atoms with van der Waals surface area (Å²) in [7, 11) is -4.41. The van der Waals surface area contributed by atoms with Crippen molar-refractivity contribution in [3.63, 3.8) is 0 Å². The standard InChI is InChI=1S/C38H36N6O7S2/c45-37(41-53(50,51)33-14-15-35(36(23-33)44(48)49)40-16-21-52-32-7-2-1-3-8-32)27-10-12-31(13-11-27)43-19-17-42(18-20-43)26-28-6-4-5-9-34(28)29-22-30(38(46)47)25-39-24-29/h1-15,22-25,40H,16-21,26H2,(H,41,45)(H,46,47). The van der Waals surface area contributed by atoms with Gasteiger partial charge in [0.1, 0.15) is 5.69 Å². The number of carbonyl (C=O) groups excluding carboxylic acids is 1. The second-order valence-corrected chi connectivity index (χ2v) is 15.0. The molecule has 0 unspecified atom stereocenters. The van der Waals surface area contributed by atoms with Gasteiger partial charge in [0, 0.05) is 85.2 Å². The molecule has 53 heavy (non-hydrogen) atoms. The zero-order chi connectivity index (χ0) is 37.4. The van der Waals surface area contributed by atoms with E-state index in [-0.39, 0.29) is 16.8 Å². The molecule has 1 aliphatic heterocycles. The van der Waals surface area contributed by atoms with Gasteiger partial charge in [-0.05, 0) is 65.7 Å². The molecule has 0 atom stereocenters. The zero-order valence-electron chi connectivity index (χ0n) is 28.4. The number of hydrogen-bond acceptors (Lipinski definition) is 11. The van der Waals surface area contributed by atoms with Gasteiger partial charge in [-0.3, -0.25) is 24.8 Å². The Morgan fingerprint density at radius 2 is 1.58 bits per heavy atom. The fraction of sp³-hybridized carbons (Fsp3) is 0.184. The SMILES string of the molecule is O=C(O)c1cncc(-c2ccccc2CN2CCN(c3ccc(C(=O)NS(=O)(=O)c4ccc(NCCSc5ccccc5)c([N+](=O)[O-])c4)cc3)CC2)c1. The number of nitrogens with zero attached hydrogens (tertiary/aromatic N) is 4. The van der Waals surface area contributed by atoms with E-state index in [1.807, 2.05) is 59.3 Å². The van der Waals surface area contributed by atoms with Crippen LogP contribution in [-0.4, -0.2) is 78.7 Å². The third kappa shape index (κ3) is 9.37. The lowest BCUT2D eigenvalue weighted by Gasteiger charge is -2.36. The highest BCUT2D eigenvalue weighted by Gasteiger charge is 2.25. The second-order valence-electron chi connectivity index (χ2n) is 12.2. The first-order valence-corrected chi connectivity index (χ1v) is 19.2. The quantitative estimate of drug-likeness (QED) is 0.0523. The number of pyridine rings is 1. The molecule has 6 rings (SSSR count). The Labute approximate surface area is 310 Å². The van der Waals surface area contributed by atoms with Gasteiger partial charge in [0.2, 0.25) is 0 Å². The predicted molar refractivity (Wildman–Crippen MR) is 204 cm³/mol. The highest BCUT2D eigenvalue weighted by atomic mass is 32.2. The van der Waals surface area contributed by atoms with Crippen molar-refractivity contribution >= 4 is 50.7 Å². The van der Waals surface area contributed by atoms with Gasteiger partial charge in [0.05, 0.1) is 15.4 Å². The van der Waals surface area contributed by atoms with Crippen LogP contribution in [0.2, 0.25) is 0 Å². The highest BCUT2D eigenvalue weighted by Crippen LogP contribution is 2.29. The van der Waals surface area contributed by atoms with Crippen LogP contribution in [0.5, 0.6) is 0 Å². The Morgan fingerprint density at radius 1 is 0.868 bits per heavy atom. The molecule has 13 nitrogen and oxygen atoms in total. The van der Waals surface area contributed by atoms with Crippen LogP contribution in [0, 0.1) is 10.1 Å². The van der Waals surface area contributed by atoms with Gasteiger partial charge in [-0.2, -0.15) is 0 Å². The lowest BCUT2D eigenvalue weighted by Crippen LogP contribution is -2.46. The maximum absolute atomic E-state index is 13.1. The number of amides is 1. The first-order chi connectivity index (χ1) is 25.6. The third-order valence-electron chi connectivity index (χ3n) is 8.71. The van der Waals surface area contributed by atoms with Crippen LogP contribution in [0.3, 0.4) is 0 Å². The minimum atomic E-state index is -4.41. The van der Waals surface area contributed by atoms with E-state index >= 15 is 0 Å². The number of carboxylic acid groups (broad SMARTS) is 1. The molecule has 272 valence electrons. The van der Waals surface area contributed by atoms with Crippen LogP contribution in [0.25, 0.3) is 11.1 Å². The normalized spacial score (nSPS) is 13.3. The van der Waals surface area contributed by atoms with Crippen LogP contribution < -0.4 is 14.9 Å². The maximum atomic E-state index is 13.1. The number of carboxylic acids is 1. The van der Waals surface area contributed by atoms with Crippen LogP contribution >= 0.6 is 11.8 Å². The first kappa shape index (κ1) is 37.0. The van der Waals surface area contributed by atoms with Gasteiger partial charge in [0.15, 0.2) is 0 Å². The van der Waals surface area contributed by atoms with E-state index in [0.29, 0.717) is 31.9 Å². The van der Waals surface area contributed by atoms with Gasteiger partial charge >= 0.3 is 5.97 Å². The van der Waals surface area contributed by atoms with Gasteiger partial charge < -0.3 is 15.3 Å². The van der Waals surface area contributed by atoms with Crippen molar-refractivity contribution in [2.24, 2.45) is 0 Å². The summed E-state index contributed by atoms with van der Waals surface area (Å²) >= 11 is 1.58. The Kier molecular flexibility index (Phi) is 11.7.